The van der Waals surface area contributed by atoms with E-state index >= 15 is 0 Å². The van der Waals surface area contributed by atoms with Gasteiger partial charge in [-0.25, -0.2) is 4.98 Å². The molecule has 0 aliphatic heterocycles. The third kappa shape index (κ3) is 2.32. The third-order valence-corrected chi connectivity index (χ3v) is 4.46. The lowest BCUT2D eigenvalue weighted by molar-refractivity contribution is -0.115. The lowest BCUT2D eigenvalue weighted by Gasteiger charge is -2.01. The molecule has 2 aromatic rings. The van der Waals surface area contributed by atoms with Crippen molar-refractivity contribution in [3.8, 4) is 0 Å². The number of nitrogens with zero attached hydrogens (tertiary/aromatic N) is 1. The molecule has 6 heteroatoms. The summed E-state index contributed by atoms with van der Waals surface area (Å²) in [5.74, 6) is -0.0591. The molecule has 2 N–H and O–H groups in total. The van der Waals surface area contributed by atoms with Crippen LogP contribution in [0.1, 0.15) is 0 Å². The van der Waals surface area contributed by atoms with Crippen LogP contribution in [0.15, 0.2) is 27.1 Å². The van der Waals surface area contributed by atoms with Crippen LogP contribution in [0, 0.1) is 0 Å². The quantitative estimate of drug-likeness (QED) is 0.887. The molecule has 78 valence electrons. The number of thioether (sulfide) groups is 1. The third-order valence-electron chi connectivity index (χ3n) is 1.76. The molecular formula is C9H7BrN2OS2. The minimum atomic E-state index is -0.325. The number of aromatic nitrogens is 1. The Bertz CT molecular complexity index is 512. The summed E-state index contributed by atoms with van der Waals surface area (Å²) in [5, 5.41) is 4.00. The van der Waals surface area contributed by atoms with Crippen LogP contribution in [0.4, 0.5) is 0 Å². The van der Waals surface area contributed by atoms with Crippen LogP contribution in [-0.4, -0.2) is 16.6 Å². The molecule has 0 bridgehead atoms. The number of pyridine rings is 1. The lowest BCUT2D eigenvalue weighted by Crippen LogP contribution is -2.13. The first-order valence-electron chi connectivity index (χ1n) is 4.11. The van der Waals surface area contributed by atoms with E-state index in [-0.39, 0.29) is 11.7 Å². The van der Waals surface area contributed by atoms with Crippen molar-refractivity contribution in [3.05, 3.63) is 22.1 Å². The number of carbonyl (C=O) groups is 1. The van der Waals surface area contributed by atoms with Gasteiger partial charge in [0.25, 0.3) is 0 Å². The molecule has 2 rings (SSSR count). The summed E-state index contributed by atoms with van der Waals surface area (Å²) in [6, 6.07) is 2.03. The van der Waals surface area contributed by atoms with E-state index in [1.807, 2.05) is 11.4 Å². The summed E-state index contributed by atoms with van der Waals surface area (Å²) in [6.07, 6.45) is 1.75. The molecule has 0 unspecified atom stereocenters. The smallest absolute Gasteiger partial charge is 0.227 e. The van der Waals surface area contributed by atoms with Crippen LogP contribution in [0.5, 0.6) is 0 Å². The molecule has 0 spiro atoms. The van der Waals surface area contributed by atoms with E-state index < -0.39 is 0 Å². The van der Waals surface area contributed by atoms with Crippen LogP contribution in [0.3, 0.4) is 0 Å². The molecular weight excluding hydrogens is 296 g/mol. The van der Waals surface area contributed by atoms with Crippen LogP contribution >= 0.6 is 39.0 Å². The number of thiophene rings is 1. The number of carbonyl (C=O) groups excluding carboxylic acids is 1. The van der Waals surface area contributed by atoms with E-state index in [0.717, 1.165) is 19.6 Å². The average molecular weight is 303 g/mol. The van der Waals surface area contributed by atoms with Gasteiger partial charge >= 0.3 is 0 Å². The van der Waals surface area contributed by atoms with E-state index in [9.17, 15) is 4.79 Å². The Kier molecular flexibility index (Phi) is 3.28. The summed E-state index contributed by atoms with van der Waals surface area (Å²) < 4.78 is 2.07. The Balaban J connectivity index is 2.39. The molecule has 0 atom stereocenters. The first-order chi connectivity index (χ1) is 7.18. The first-order valence-corrected chi connectivity index (χ1v) is 6.77. The molecule has 0 radical (unpaired) electrons. The number of hydrogen-bond donors (Lipinski definition) is 1. The highest BCUT2D eigenvalue weighted by Gasteiger charge is 2.08. The molecule has 15 heavy (non-hydrogen) atoms. The van der Waals surface area contributed by atoms with Crippen LogP contribution < -0.4 is 5.73 Å². The number of amides is 1. The molecule has 0 saturated heterocycles. The first kappa shape index (κ1) is 10.9. The summed E-state index contributed by atoms with van der Waals surface area (Å²) in [4.78, 5) is 15.0. The number of rotatable bonds is 3. The van der Waals surface area contributed by atoms with Crippen molar-refractivity contribution in [1.29, 1.82) is 0 Å². The van der Waals surface area contributed by atoms with E-state index in [0.29, 0.717) is 0 Å². The summed E-state index contributed by atoms with van der Waals surface area (Å²) in [6.45, 7) is 0. The molecule has 0 aromatic carbocycles. The fourth-order valence-corrected chi connectivity index (χ4v) is 3.48. The normalized spacial score (nSPS) is 10.7. The van der Waals surface area contributed by atoms with Crippen LogP contribution in [-0.2, 0) is 4.79 Å². The zero-order chi connectivity index (χ0) is 10.8. The van der Waals surface area contributed by atoms with Gasteiger partial charge in [-0.2, -0.15) is 0 Å². The van der Waals surface area contributed by atoms with Crippen molar-refractivity contribution in [2.24, 2.45) is 5.73 Å². The van der Waals surface area contributed by atoms with Gasteiger partial charge in [0.05, 0.1) is 10.5 Å². The Hall–Kier alpha value is -0.590. The second-order valence-electron chi connectivity index (χ2n) is 2.83. The highest BCUT2D eigenvalue weighted by molar-refractivity contribution is 9.10. The van der Waals surface area contributed by atoms with E-state index in [4.69, 9.17) is 5.73 Å². The van der Waals surface area contributed by atoms with Gasteiger partial charge in [0.1, 0.15) is 5.03 Å². The Labute approximate surface area is 103 Å². The largest absolute Gasteiger partial charge is 0.369 e. The molecule has 3 nitrogen and oxygen atoms in total. The van der Waals surface area contributed by atoms with Crippen molar-refractivity contribution >= 4 is 55.0 Å². The number of halogens is 1. The SMILES string of the molecule is NC(=O)CSc1ncc(Br)c2ccsc12. The summed E-state index contributed by atoms with van der Waals surface area (Å²) in [7, 11) is 0. The average Bonchev–Trinajstić information content (AvgIpc) is 2.66. The van der Waals surface area contributed by atoms with Crippen LogP contribution in [0.25, 0.3) is 10.1 Å². The van der Waals surface area contributed by atoms with Gasteiger partial charge in [0.15, 0.2) is 0 Å². The van der Waals surface area contributed by atoms with E-state index in [1.165, 1.54) is 11.8 Å². The Morgan fingerprint density at radius 1 is 1.67 bits per heavy atom. The maximum Gasteiger partial charge on any atom is 0.227 e. The van der Waals surface area contributed by atoms with Crippen molar-refractivity contribution in [1.82, 2.24) is 4.98 Å². The number of primary amides is 1. The molecule has 1 amide bonds. The fraction of sp³-hybridized carbons (Fsp3) is 0.111. The molecule has 0 aliphatic rings. The van der Waals surface area contributed by atoms with E-state index in [1.54, 1.807) is 17.5 Å². The number of fused-ring (bicyclic) bond motifs is 1. The monoisotopic (exact) mass is 302 g/mol. The highest BCUT2D eigenvalue weighted by atomic mass is 79.9. The lowest BCUT2D eigenvalue weighted by atomic mass is 10.3. The topological polar surface area (TPSA) is 56.0 Å². The number of nitrogens with two attached hydrogens (primary N) is 1. The van der Waals surface area contributed by atoms with Crippen molar-refractivity contribution in [2.45, 2.75) is 5.03 Å². The molecule has 2 aromatic heterocycles. The standard InChI is InChI=1S/C9H7BrN2OS2/c10-6-3-12-9(15-4-7(11)13)8-5(6)1-2-14-8/h1-3H,4H2,(H2,11,13). The minimum Gasteiger partial charge on any atom is -0.369 e. The Morgan fingerprint density at radius 3 is 3.20 bits per heavy atom. The van der Waals surface area contributed by atoms with E-state index in [2.05, 4.69) is 20.9 Å². The minimum absolute atomic E-state index is 0.266. The second-order valence-corrected chi connectivity index (χ2v) is 5.56. The highest BCUT2D eigenvalue weighted by Crippen LogP contribution is 2.34. The summed E-state index contributed by atoms with van der Waals surface area (Å²) >= 11 is 6.42. The van der Waals surface area contributed by atoms with Crippen LogP contribution in [0.2, 0.25) is 0 Å². The van der Waals surface area contributed by atoms with Gasteiger partial charge in [-0.1, -0.05) is 11.8 Å². The number of hydrogen-bond acceptors (Lipinski definition) is 4. The van der Waals surface area contributed by atoms with Gasteiger partial charge in [0.2, 0.25) is 5.91 Å². The van der Waals surface area contributed by atoms with Crippen molar-refractivity contribution in [2.75, 3.05) is 5.75 Å². The van der Waals surface area contributed by atoms with Gasteiger partial charge in [0, 0.05) is 16.1 Å². The zero-order valence-corrected chi connectivity index (χ0v) is 10.8. The predicted octanol–water partition coefficient (Wildman–Crippen LogP) is 2.64. The van der Waals surface area contributed by atoms with Gasteiger partial charge < -0.3 is 5.73 Å². The molecule has 0 fully saturated rings. The maximum atomic E-state index is 10.7. The predicted molar refractivity (Wildman–Crippen MR) is 67.2 cm³/mol. The fourth-order valence-electron chi connectivity index (χ4n) is 1.15. The molecule has 0 aliphatic carbocycles. The van der Waals surface area contributed by atoms with Gasteiger partial charge in [-0.3, -0.25) is 4.79 Å². The summed E-state index contributed by atoms with van der Waals surface area (Å²) in [5.41, 5.74) is 5.10. The Morgan fingerprint density at radius 2 is 2.47 bits per heavy atom. The van der Waals surface area contributed by atoms with Crippen molar-refractivity contribution in [3.63, 3.8) is 0 Å². The molecule has 0 saturated carbocycles. The second kappa shape index (κ2) is 4.51. The zero-order valence-electron chi connectivity index (χ0n) is 7.57. The van der Waals surface area contributed by atoms with Gasteiger partial charge in [-0.05, 0) is 27.4 Å². The molecule has 2 heterocycles. The maximum absolute atomic E-state index is 10.7. The van der Waals surface area contributed by atoms with Gasteiger partial charge in [-0.15, -0.1) is 11.3 Å². The van der Waals surface area contributed by atoms with Crippen molar-refractivity contribution < 1.29 is 4.79 Å².